The van der Waals surface area contributed by atoms with Crippen LogP contribution in [0, 0.1) is 26.0 Å². The second-order valence-corrected chi connectivity index (χ2v) is 8.11. The van der Waals surface area contributed by atoms with Gasteiger partial charge in [0.2, 0.25) is 0 Å². The van der Waals surface area contributed by atoms with E-state index in [-0.39, 0.29) is 11.4 Å². The molecule has 0 amide bonds. The highest BCUT2D eigenvalue weighted by Crippen LogP contribution is 2.40. The Morgan fingerprint density at radius 2 is 1.53 bits per heavy atom. The minimum Gasteiger partial charge on any atom is -0.360 e. The van der Waals surface area contributed by atoms with Crippen LogP contribution in [0.3, 0.4) is 0 Å². The van der Waals surface area contributed by atoms with Crippen LogP contribution in [-0.2, 0) is 10.0 Å². The summed E-state index contributed by atoms with van der Waals surface area (Å²) in [5.74, 6) is -0.697. The number of nitrogens with zero attached hydrogens (tertiary/aromatic N) is 3. The summed E-state index contributed by atoms with van der Waals surface area (Å²) in [6.45, 7) is 4.29. The molecule has 2 aromatic carbocycles. The average Bonchev–Trinajstić information content (AvgIpc) is 2.66. The fraction of sp³-hybridized carbons (Fsp3) is 0.333. The number of sulfonamides is 1. The van der Waals surface area contributed by atoms with Crippen LogP contribution < -0.4 is 9.62 Å². The molecule has 0 saturated heterocycles. The molecule has 0 saturated carbocycles. The van der Waals surface area contributed by atoms with Crippen LogP contribution in [0.25, 0.3) is 0 Å². The number of halogens is 1. The van der Waals surface area contributed by atoms with Crippen molar-refractivity contribution in [3.05, 3.63) is 62.4 Å². The molecule has 0 fully saturated rings. The normalized spacial score (nSPS) is 11.2. The van der Waals surface area contributed by atoms with Crippen LogP contribution >= 0.6 is 0 Å². The van der Waals surface area contributed by atoms with Gasteiger partial charge < -0.3 is 4.90 Å². The van der Waals surface area contributed by atoms with E-state index in [1.54, 1.807) is 0 Å². The second-order valence-electron chi connectivity index (χ2n) is 6.43. The van der Waals surface area contributed by atoms with E-state index < -0.39 is 42.0 Å². The highest BCUT2D eigenvalue weighted by molar-refractivity contribution is 7.92. The number of benzene rings is 2. The lowest BCUT2D eigenvalue weighted by molar-refractivity contribution is -0.393. The third-order valence-corrected chi connectivity index (χ3v) is 5.49. The zero-order valence-electron chi connectivity index (χ0n) is 16.4. The van der Waals surface area contributed by atoms with E-state index in [4.69, 9.17) is 0 Å². The third kappa shape index (κ3) is 5.20. The molecule has 0 aromatic heterocycles. The van der Waals surface area contributed by atoms with Gasteiger partial charge in [-0.2, -0.15) is 0 Å². The minimum absolute atomic E-state index is 0.122. The molecule has 162 valence electrons. The summed E-state index contributed by atoms with van der Waals surface area (Å²) in [4.78, 5) is 22.5. The van der Waals surface area contributed by atoms with Gasteiger partial charge in [-0.3, -0.25) is 25.0 Å². The number of rotatable bonds is 10. The number of hydrogen-bond acceptors (Lipinski definition) is 7. The molecule has 0 heterocycles. The van der Waals surface area contributed by atoms with Crippen molar-refractivity contribution in [2.45, 2.75) is 31.6 Å². The topological polar surface area (TPSA) is 136 Å². The van der Waals surface area contributed by atoms with Crippen LogP contribution in [0.15, 0.2) is 41.3 Å². The third-order valence-electron chi connectivity index (χ3n) is 4.13. The molecule has 0 aliphatic rings. The van der Waals surface area contributed by atoms with Crippen molar-refractivity contribution in [1.29, 1.82) is 0 Å². The second kappa shape index (κ2) is 9.48. The van der Waals surface area contributed by atoms with Crippen molar-refractivity contribution in [3.63, 3.8) is 0 Å². The molecule has 1 N–H and O–H groups in total. The maximum absolute atomic E-state index is 13.4. The largest absolute Gasteiger partial charge is 0.360 e. The molecular formula is C18H21FN4O6S. The van der Waals surface area contributed by atoms with Crippen molar-refractivity contribution in [2.75, 3.05) is 22.7 Å². The monoisotopic (exact) mass is 440 g/mol. The fourth-order valence-corrected chi connectivity index (χ4v) is 4.07. The summed E-state index contributed by atoms with van der Waals surface area (Å²) in [6, 6.07) is 6.14. The summed E-state index contributed by atoms with van der Waals surface area (Å²) in [7, 11) is -4.45. The van der Waals surface area contributed by atoms with Gasteiger partial charge in [0.1, 0.15) is 10.7 Å². The van der Waals surface area contributed by atoms with Gasteiger partial charge in [-0.05, 0) is 31.0 Å². The maximum Gasteiger partial charge on any atom is 0.301 e. The predicted molar refractivity (Wildman–Crippen MR) is 110 cm³/mol. The first-order valence-electron chi connectivity index (χ1n) is 9.10. The van der Waals surface area contributed by atoms with Crippen LogP contribution in [0.2, 0.25) is 0 Å². The van der Waals surface area contributed by atoms with Gasteiger partial charge in [-0.1, -0.05) is 19.9 Å². The van der Waals surface area contributed by atoms with Crippen LogP contribution in [0.4, 0.5) is 27.1 Å². The number of nitrogens with one attached hydrogen (secondary N) is 1. The quantitative estimate of drug-likeness (QED) is 0.434. The Balaban J connectivity index is 2.67. The lowest BCUT2D eigenvalue weighted by Gasteiger charge is -2.23. The van der Waals surface area contributed by atoms with Crippen molar-refractivity contribution in [2.24, 2.45) is 0 Å². The molecule has 0 atom stereocenters. The fourth-order valence-electron chi connectivity index (χ4n) is 2.98. The van der Waals surface area contributed by atoms with Gasteiger partial charge in [0.05, 0.1) is 15.5 Å². The van der Waals surface area contributed by atoms with E-state index in [0.29, 0.717) is 25.9 Å². The zero-order chi connectivity index (χ0) is 22.5. The Bertz CT molecular complexity index is 1020. The summed E-state index contributed by atoms with van der Waals surface area (Å²) in [6.07, 6.45) is 1.16. The smallest absolute Gasteiger partial charge is 0.301 e. The van der Waals surface area contributed by atoms with E-state index in [9.17, 15) is 33.0 Å². The highest BCUT2D eigenvalue weighted by atomic mass is 32.2. The molecule has 0 radical (unpaired) electrons. The molecule has 0 spiro atoms. The highest BCUT2D eigenvalue weighted by Gasteiger charge is 2.33. The van der Waals surface area contributed by atoms with Gasteiger partial charge in [0.15, 0.2) is 5.69 Å². The van der Waals surface area contributed by atoms with E-state index >= 15 is 0 Å². The average molecular weight is 440 g/mol. The predicted octanol–water partition coefficient (Wildman–Crippen LogP) is 4.07. The van der Waals surface area contributed by atoms with Gasteiger partial charge in [-0.25, -0.2) is 12.8 Å². The Morgan fingerprint density at radius 1 is 1.00 bits per heavy atom. The summed E-state index contributed by atoms with van der Waals surface area (Å²) >= 11 is 0. The molecule has 0 bridgehead atoms. The summed E-state index contributed by atoms with van der Waals surface area (Å²) in [5, 5.41) is 23.4. The lowest BCUT2D eigenvalue weighted by Crippen LogP contribution is -2.27. The van der Waals surface area contributed by atoms with Crippen molar-refractivity contribution < 1.29 is 22.7 Å². The minimum atomic E-state index is -4.45. The van der Waals surface area contributed by atoms with Crippen molar-refractivity contribution in [1.82, 2.24) is 0 Å². The van der Waals surface area contributed by atoms with E-state index in [1.807, 2.05) is 13.8 Å². The molecule has 0 aliphatic carbocycles. The van der Waals surface area contributed by atoms with E-state index in [2.05, 4.69) is 4.72 Å². The maximum atomic E-state index is 13.4. The molecule has 2 aromatic rings. The number of anilines is 2. The molecular weight excluding hydrogens is 419 g/mol. The summed E-state index contributed by atoms with van der Waals surface area (Å²) < 4.78 is 40.8. The zero-order valence-corrected chi connectivity index (χ0v) is 17.2. The van der Waals surface area contributed by atoms with E-state index in [0.717, 1.165) is 24.3 Å². The van der Waals surface area contributed by atoms with Crippen molar-refractivity contribution >= 4 is 32.8 Å². The first kappa shape index (κ1) is 23.0. The molecule has 2 rings (SSSR count). The first-order chi connectivity index (χ1) is 14.1. The Kier molecular flexibility index (Phi) is 7.27. The molecule has 12 heteroatoms. The molecule has 30 heavy (non-hydrogen) atoms. The summed E-state index contributed by atoms with van der Waals surface area (Å²) in [5.41, 5.74) is -1.74. The number of nitro groups is 2. The molecule has 10 nitrogen and oxygen atoms in total. The first-order valence-corrected chi connectivity index (χ1v) is 10.6. The van der Waals surface area contributed by atoms with Crippen LogP contribution in [0.5, 0.6) is 0 Å². The standard InChI is InChI=1S/C18H21FN4O6S/c1-3-8-21(9-4-2)18-16(22(24)25)11-15(12-17(18)23(26)27)30(28,29)20-14-7-5-6-13(19)10-14/h5-7,10-12,20H,3-4,8-9H2,1-2H3. The van der Waals surface area contributed by atoms with Gasteiger partial charge in [-0.15, -0.1) is 0 Å². The number of nitro benzene ring substituents is 2. The SMILES string of the molecule is CCCN(CCC)c1c([N+](=O)[O-])cc(S(=O)(=O)Nc2cccc(F)c2)cc1[N+](=O)[O-]. The van der Waals surface area contributed by atoms with Crippen molar-refractivity contribution in [3.8, 4) is 0 Å². The molecule has 0 aliphatic heterocycles. The van der Waals surface area contributed by atoms with Crippen LogP contribution in [-0.4, -0.2) is 31.4 Å². The van der Waals surface area contributed by atoms with Gasteiger partial charge >= 0.3 is 11.4 Å². The Labute approximate surface area is 172 Å². The van der Waals surface area contributed by atoms with Crippen LogP contribution in [0.1, 0.15) is 26.7 Å². The lowest BCUT2D eigenvalue weighted by atomic mass is 10.2. The number of hydrogen-bond donors (Lipinski definition) is 1. The van der Waals surface area contributed by atoms with Gasteiger partial charge in [0.25, 0.3) is 10.0 Å². The Morgan fingerprint density at radius 3 is 1.97 bits per heavy atom. The Hall–Kier alpha value is -3.28. The molecule has 0 unspecified atom stereocenters. The van der Waals surface area contributed by atoms with Gasteiger partial charge in [0, 0.05) is 25.2 Å². The van der Waals surface area contributed by atoms with E-state index in [1.165, 1.54) is 17.0 Å².